The van der Waals surface area contributed by atoms with E-state index in [-0.39, 0.29) is 17.2 Å². The van der Waals surface area contributed by atoms with Crippen molar-refractivity contribution in [2.45, 2.75) is 33.9 Å². The van der Waals surface area contributed by atoms with Gasteiger partial charge in [-0.15, -0.1) is 11.6 Å². The van der Waals surface area contributed by atoms with Crippen molar-refractivity contribution in [3.63, 3.8) is 0 Å². The Morgan fingerprint density at radius 1 is 1.23 bits per heavy atom. The molecule has 0 fully saturated rings. The first-order chi connectivity index (χ1) is 16.7. The Balaban J connectivity index is 0.00000167. The lowest BCUT2D eigenvalue weighted by molar-refractivity contribution is 0.498. The summed E-state index contributed by atoms with van der Waals surface area (Å²) in [5.41, 5.74) is 3.32. The summed E-state index contributed by atoms with van der Waals surface area (Å²) in [6.07, 6.45) is 12.5. The van der Waals surface area contributed by atoms with Gasteiger partial charge in [0.1, 0.15) is 11.1 Å². The topological polar surface area (TPSA) is 95.4 Å². The molecule has 0 aliphatic heterocycles. The van der Waals surface area contributed by atoms with Crippen LogP contribution >= 0.6 is 11.6 Å². The van der Waals surface area contributed by atoms with Crippen LogP contribution in [0.3, 0.4) is 0 Å². The molecule has 35 heavy (non-hydrogen) atoms. The van der Waals surface area contributed by atoms with Crippen LogP contribution < -0.4 is 11.2 Å². The molecule has 0 bridgehead atoms. The molecule has 0 unspecified atom stereocenters. The van der Waals surface area contributed by atoms with Gasteiger partial charge in [0.05, 0.1) is 6.54 Å². The number of H-pyrrole nitrogens is 1. The first-order valence-corrected chi connectivity index (χ1v) is 12.0. The number of aromatic nitrogens is 7. The molecule has 0 amide bonds. The highest BCUT2D eigenvalue weighted by Gasteiger charge is 2.25. The molecule has 4 heterocycles. The summed E-state index contributed by atoms with van der Waals surface area (Å²) in [5, 5.41) is 5.19. The SMILES string of the molecule is C=C/C=C\c1[nH]cc(Cn2nc3c(c2-c2nccn2C)c(=O)n(C)c(=O)n3CC(C)C)c1C.CCl. The average Bonchev–Trinajstić information content (AvgIpc) is 3.52. The van der Waals surface area contributed by atoms with E-state index in [0.717, 1.165) is 21.4 Å². The van der Waals surface area contributed by atoms with Gasteiger partial charge in [-0.2, -0.15) is 5.10 Å². The molecule has 186 valence electrons. The summed E-state index contributed by atoms with van der Waals surface area (Å²) < 4.78 is 6.38. The Morgan fingerprint density at radius 3 is 2.54 bits per heavy atom. The molecule has 4 aromatic rings. The summed E-state index contributed by atoms with van der Waals surface area (Å²) >= 11 is 4.64. The quantitative estimate of drug-likeness (QED) is 0.311. The lowest BCUT2D eigenvalue weighted by Crippen LogP contribution is -2.38. The summed E-state index contributed by atoms with van der Waals surface area (Å²) in [6.45, 7) is 10.7. The highest BCUT2D eigenvalue weighted by atomic mass is 35.5. The predicted molar refractivity (Wildman–Crippen MR) is 142 cm³/mol. The second-order valence-electron chi connectivity index (χ2n) is 8.67. The van der Waals surface area contributed by atoms with E-state index >= 15 is 0 Å². The van der Waals surface area contributed by atoms with Crippen LogP contribution in [0.2, 0.25) is 0 Å². The number of rotatable bonds is 7. The zero-order chi connectivity index (χ0) is 25.9. The number of aromatic amines is 1. The molecule has 0 spiro atoms. The van der Waals surface area contributed by atoms with Crippen LogP contribution in [0.25, 0.3) is 28.6 Å². The summed E-state index contributed by atoms with van der Waals surface area (Å²) in [5.74, 6) is 0.820. The third-order valence-electron chi connectivity index (χ3n) is 5.81. The minimum absolute atomic E-state index is 0.205. The molecule has 0 aliphatic rings. The molecule has 4 rings (SSSR count). The van der Waals surface area contributed by atoms with E-state index < -0.39 is 0 Å². The lowest BCUT2D eigenvalue weighted by Gasteiger charge is -2.11. The number of imidazole rings is 1. The highest BCUT2D eigenvalue weighted by molar-refractivity contribution is 6.15. The molecular formula is C25H32ClN7O2. The van der Waals surface area contributed by atoms with Crippen LogP contribution in [-0.2, 0) is 27.2 Å². The number of hydrogen-bond donors (Lipinski definition) is 1. The number of halogens is 1. The zero-order valence-electron chi connectivity index (χ0n) is 21.0. The van der Waals surface area contributed by atoms with Gasteiger partial charge in [0.25, 0.3) is 5.56 Å². The Bertz CT molecular complexity index is 1490. The fourth-order valence-electron chi connectivity index (χ4n) is 4.04. The fraction of sp³-hybridized carbons (Fsp3) is 0.360. The number of fused-ring (bicyclic) bond motifs is 1. The standard InChI is InChI=1S/C24H29N7O2.CH3Cl/c1-7-8-9-18-16(4)17(12-26-18)14-31-20(22-25-10-11-28(22)5)19-21(27-31)30(13-15(2)3)24(33)29(6)23(19)32;1-2/h7-12,15,26H,1,13-14H2,2-6H3;1H3/b9-8-;. The van der Waals surface area contributed by atoms with Crippen molar-refractivity contribution < 1.29 is 0 Å². The first-order valence-electron chi connectivity index (χ1n) is 11.3. The van der Waals surface area contributed by atoms with Gasteiger partial charge >= 0.3 is 5.69 Å². The Labute approximate surface area is 209 Å². The van der Waals surface area contributed by atoms with E-state index in [1.54, 1.807) is 21.5 Å². The number of aryl methyl sites for hydroxylation is 1. The van der Waals surface area contributed by atoms with Crippen molar-refractivity contribution in [3.8, 4) is 11.5 Å². The van der Waals surface area contributed by atoms with E-state index in [2.05, 4.69) is 28.1 Å². The second-order valence-corrected chi connectivity index (χ2v) is 8.67. The zero-order valence-corrected chi connectivity index (χ0v) is 21.8. The largest absolute Gasteiger partial charge is 0.361 e. The molecule has 1 N–H and O–H groups in total. The normalized spacial score (nSPS) is 11.4. The molecule has 0 saturated heterocycles. The molecular weight excluding hydrogens is 466 g/mol. The van der Waals surface area contributed by atoms with E-state index in [4.69, 9.17) is 5.10 Å². The maximum Gasteiger partial charge on any atom is 0.332 e. The van der Waals surface area contributed by atoms with Crippen LogP contribution in [-0.4, -0.2) is 39.8 Å². The maximum atomic E-state index is 13.3. The van der Waals surface area contributed by atoms with Crippen molar-refractivity contribution in [1.29, 1.82) is 0 Å². The molecule has 0 atom stereocenters. The molecule has 0 aliphatic carbocycles. The van der Waals surface area contributed by atoms with Crippen LogP contribution in [0, 0.1) is 12.8 Å². The molecule has 0 aromatic carbocycles. The molecule has 4 aromatic heterocycles. The summed E-state index contributed by atoms with van der Waals surface area (Å²) in [4.78, 5) is 34.0. The molecule has 10 heteroatoms. The minimum Gasteiger partial charge on any atom is -0.361 e. The smallest absolute Gasteiger partial charge is 0.332 e. The first kappa shape index (κ1) is 26.0. The van der Waals surface area contributed by atoms with Crippen molar-refractivity contribution in [2.24, 2.45) is 20.0 Å². The van der Waals surface area contributed by atoms with Gasteiger partial charge in [0.15, 0.2) is 11.5 Å². The van der Waals surface area contributed by atoms with Gasteiger partial charge in [0.2, 0.25) is 0 Å². The van der Waals surface area contributed by atoms with E-state index in [1.807, 2.05) is 56.9 Å². The second kappa shape index (κ2) is 10.8. The van der Waals surface area contributed by atoms with Crippen molar-refractivity contribution in [3.05, 3.63) is 75.0 Å². The average molecular weight is 498 g/mol. The van der Waals surface area contributed by atoms with Crippen molar-refractivity contribution in [1.82, 2.24) is 33.4 Å². The van der Waals surface area contributed by atoms with Gasteiger partial charge in [-0.05, 0) is 30.0 Å². The monoisotopic (exact) mass is 497 g/mol. The third kappa shape index (κ3) is 4.81. The van der Waals surface area contributed by atoms with Crippen LogP contribution in [0.4, 0.5) is 0 Å². The van der Waals surface area contributed by atoms with Gasteiger partial charge < -0.3 is 9.55 Å². The maximum absolute atomic E-state index is 13.3. The number of nitrogens with one attached hydrogen (secondary N) is 1. The highest BCUT2D eigenvalue weighted by Crippen LogP contribution is 2.27. The van der Waals surface area contributed by atoms with Crippen molar-refractivity contribution >= 4 is 28.7 Å². The van der Waals surface area contributed by atoms with Gasteiger partial charge in [-0.3, -0.25) is 18.6 Å². The van der Waals surface area contributed by atoms with Crippen LogP contribution in [0.5, 0.6) is 0 Å². The molecule has 9 nitrogen and oxygen atoms in total. The predicted octanol–water partition coefficient (Wildman–Crippen LogP) is 3.69. The number of hydrogen-bond acceptors (Lipinski definition) is 4. The van der Waals surface area contributed by atoms with Gasteiger partial charge in [-0.1, -0.05) is 32.6 Å². The number of nitrogens with zero attached hydrogens (tertiary/aromatic N) is 6. The van der Waals surface area contributed by atoms with Gasteiger partial charge in [-0.25, -0.2) is 9.78 Å². The number of alkyl halides is 1. The Kier molecular flexibility index (Phi) is 8.01. The number of allylic oxidation sites excluding steroid dienone is 2. The van der Waals surface area contributed by atoms with Gasteiger partial charge in [0, 0.05) is 51.3 Å². The van der Waals surface area contributed by atoms with Crippen LogP contribution in [0.1, 0.15) is 30.7 Å². The Morgan fingerprint density at radius 2 is 1.94 bits per heavy atom. The molecule has 0 saturated carbocycles. The lowest BCUT2D eigenvalue weighted by atomic mass is 10.1. The summed E-state index contributed by atoms with van der Waals surface area (Å²) in [6, 6.07) is 0. The van der Waals surface area contributed by atoms with E-state index in [1.165, 1.54) is 13.4 Å². The molecule has 0 radical (unpaired) electrons. The summed E-state index contributed by atoms with van der Waals surface area (Å²) in [7, 11) is 3.38. The minimum atomic E-state index is -0.375. The third-order valence-corrected chi connectivity index (χ3v) is 5.81. The van der Waals surface area contributed by atoms with E-state index in [9.17, 15) is 9.59 Å². The van der Waals surface area contributed by atoms with Crippen LogP contribution in [0.15, 0.2) is 46.9 Å². The fourth-order valence-corrected chi connectivity index (χ4v) is 4.04. The Hall–Kier alpha value is -3.59. The van der Waals surface area contributed by atoms with E-state index in [0.29, 0.717) is 35.6 Å². The van der Waals surface area contributed by atoms with Crippen molar-refractivity contribution in [2.75, 3.05) is 6.38 Å².